The first-order chi connectivity index (χ1) is 12.0. The number of alkyl halides is 1. The second-order valence-corrected chi connectivity index (χ2v) is 7.21. The Morgan fingerprint density at radius 3 is 3.00 bits per heavy atom. The first-order valence-electron chi connectivity index (χ1n) is 9.10. The van der Waals surface area contributed by atoms with Crippen LogP contribution >= 0.6 is 0 Å². The lowest BCUT2D eigenvalue weighted by Crippen LogP contribution is -2.41. The molecule has 0 saturated carbocycles. The third kappa shape index (κ3) is 4.87. The minimum Gasteiger partial charge on any atom is -0.344 e. The van der Waals surface area contributed by atoms with E-state index in [1.54, 1.807) is 11.8 Å². The Hall–Kier alpha value is -1.76. The van der Waals surface area contributed by atoms with Gasteiger partial charge in [-0.3, -0.25) is 9.69 Å². The summed E-state index contributed by atoms with van der Waals surface area (Å²) in [5, 5.41) is 3.89. The highest BCUT2D eigenvalue weighted by Gasteiger charge is 2.34. The van der Waals surface area contributed by atoms with Crippen LogP contribution in [0.4, 0.5) is 4.39 Å². The Bertz CT molecular complexity index is 630. The van der Waals surface area contributed by atoms with Crippen LogP contribution in [0.2, 0.25) is 0 Å². The summed E-state index contributed by atoms with van der Waals surface area (Å²) in [6.07, 6.45) is 6.76. The monoisotopic (exact) mass is 350 g/mol. The van der Waals surface area contributed by atoms with E-state index in [1.165, 1.54) is 18.4 Å². The number of aromatic nitrogens is 2. The van der Waals surface area contributed by atoms with E-state index in [1.807, 2.05) is 11.9 Å². The molecule has 0 unspecified atom stereocenters. The lowest BCUT2D eigenvalue weighted by Gasteiger charge is -2.28. The summed E-state index contributed by atoms with van der Waals surface area (Å²) < 4.78 is 18.9. The van der Waals surface area contributed by atoms with Crippen molar-refractivity contribution in [3.63, 3.8) is 0 Å². The maximum atomic E-state index is 13.9. The fourth-order valence-electron chi connectivity index (χ4n) is 3.71. The van der Waals surface area contributed by atoms with E-state index in [0.717, 1.165) is 12.8 Å². The molecule has 7 heteroatoms. The van der Waals surface area contributed by atoms with E-state index >= 15 is 0 Å². The van der Waals surface area contributed by atoms with Crippen molar-refractivity contribution in [1.29, 1.82) is 0 Å². The van der Waals surface area contributed by atoms with Crippen LogP contribution in [0.15, 0.2) is 16.2 Å². The molecule has 1 fully saturated rings. The zero-order valence-electron chi connectivity index (χ0n) is 15.1. The van der Waals surface area contributed by atoms with Gasteiger partial charge in [0, 0.05) is 39.5 Å². The number of amides is 1. The van der Waals surface area contributed by atoms with Gasteiger partial charge >= 0.3 is 0 Å². The van der Waals surface area contributed by atoms with E-state index in [9.17, 15) is 9.18 Å². The number of allylic oxidation sites excluding steroid dienone is 1. The molecule has 2 atom stereocenters. The van der Waals surface area contributed by atoms with Crippen molar-refractivity contribution in [2.24, 2.45) is 0 Å². The van der Waals surface area contributed by atoms with Gasteiger partial charge in [-0.1, -0.05) is 16.8 Å². The molecule has 0 aromatic carbocycles. The highest BCUT2D eigenvalue weighted by atomic mass is 19.1. The number of likely N-dealkylation sites (N-methyl/N-ethyl adjacent to an activating group) is 1. The normalized spacial score (nSPS) is 24.4. The van der Waals surface area contributed by atoms with Crippen LogP contribution in [-0.4, -0.2) is 58.2 Å². The van der Waals surface area contributed by atoms with Crippen molar-refractivity contribution >= 4 is 5.91 Å². The third-order valence-electron chi connectivity index (χ3n) is 5.06. The zero-order chi connectivity index (χ0) is 17.8. The van der Waals surface area contributed by atoms with Gasteiger partial charge in [-0.05, 0) is 32.1 Å². The van der Waals surface area contributed by atoms with E-state index in [4.69, 9.17) is 4.52 Å². The van der Waals surface area contributed by atoms with E-state index in [0.29, 0.717) is 44.2 Å². The van der Waals surface area contributed by atoms with E-state index in [-0.39, 0.29) is 11.9 Å². The number of carbonyl (C=O) groups excluding carboxylic acids is 1. The van der Waals surface area contributed by atoms with Gasteiger partial charge < -0.3 is 9.42 Å². The van der Waals surface area contributed by atoms with Crippen LogP contribution in [0.5, 0.6) is 0 Å². The molecule has 0 radical (unpaired) electrons. The number of hydrogen-bond donors (Lipinski definition) is 0. The summed E-state index contributed by atoms with van der Waals surface area (Å²) >= 11 is 0. The quantitative estimate of drug-likeness (QED) is 0.738. The van der Waals surface area contributed by atoms with Crippen molar-refractivity contribution in [3.05, 3.63) is 23.4 Å². The van der Waals surface area contributed by atoms with E-state index < -0.39 is 6.17 Å². The van der Waals surface area contributed by atoms with Crippen LogP contribution in [0.25, 0.3) is 0 Å². The van der Waals surface area contributed by atoms with Gasteiger partial charge in [0.1, 0.15) is 6.17 Å². The summed E-state index contributed by atoms with van der Waals surface area (Å²) in [6, 6.07) is -0.0110. The molecule has 138 valence electrons. The number of nitrogens with zero attached hydrogens (tertiary/aromatic N) is 4. The van der Waals surface area contributed by atoms with Gasteiger partial charge in [0.05, 0.1) is 6.54 Å². The zero-order valence-corrected chi connectivity index (χ0v) is 15.1. The summed E-state index contributed by atoms with van der Waals surface area (Å²) in [5.41, 5.74) is 1.25. The molecule has 1 aromatic rings. The largest absolute Gasteiger partial charge is 0.344 e. The van der Waals surface area contributed by atoms with Crippen LogP contribution in [0, 0.1) is 6.92 Å². The summed E-state index contributed by atoms with van der Waals surface area (Å²) in [5.74, 6) is 1.19. The highest BCUT2D eigenvalue weighted by molar-refractivity contribution is 5.78. The smallest absolute Gasteiger partial charge is 0.226 e. The molecule has 25 heavy (non-hydrogen) atoms. The molecule has 1 aliphatic heterocycles. The summed E-state index contributed by atoms with van der Waals surface area (Å²) in [4.78, 5) is 20.4. The number of likely N-dealkylation sites (tertiary alicyclic amines) is 1. The van der Waals surface area contributed by atoms with Crippen LogP contribution in [0.3, 0.4) is 0 Å². The van der Waals surface area contributed by atoms with Gasteiger partial charge in [0.25, 0.3) is 0 Å². The topological polar surface area (TPSA) is 62.5 Å². The lowest BCUT2D eigenvalue weighted by atomic mass is 9.97. The number of carbonyl (C=O) groups is 1. The Morgan fingerprint density at radius 2 is 2.32 bits per heavy atom. The second kappa shape index (κ2) is 8.08. The average Bonchev–Trinajstić information content (AvgIpc) is 3.14. The predicted octanol–water partition coefficient (Wildman–Crippen LogP) is 2.64. The van der Waals surface area contributed by atoms with E-state index in [2.05, 4.69) is 16.2 Å². The number of rotatable bonds is 6. The van der Waals surface area contributed by atoms with Gasteiger partial charge in [0.2, 0.25) is 11.8 Å². The molecular formula is C18H27FN4O2. The minimum atomic E-state index is -0.873. The predicted molar refractivity (Wildman–Crippen MR) is 91.6 cm³/mol. The summed E-state index contributed by atoms with van der Waals surface area (Å²) in [7, 11) is 1.81. The molecule has 2 aliphatic rings. The SMILES string of the molecule is Cc1nc(CN2C[C@@H](F)C[C@H]2CN(C)C(=O)CC2=CCCCC2)no1. The number of aryl methyl sites for hydroxylation is 1. The van der Waals surface area contributed by atoms with Crippen molar-refractivity contribution in [1.82, 2.24) is 19.9 Å². The Labute approximate surface area is 148 Å². The first-order valence-corrected chi connectivity index (χ1v) is 9.10. The van der Waals surface area contributed by atoms with Gasteiger partial charge in [-0.25, -0.2) is 4.39 Å². The Kier molecular flexibility index (Phi) is 5.83. The Balaban J connectivity index is 1.55. The van der Waals surface area contributed by atoms with Crippen LogP contribution < -0.4 is 0 Å². The molecule has 1 aliphatic carbocycles. The molecular weight excluding hydrogens is 323 g/mol. The van der Waals surface area contributed by atoms with Gasteiger partial charge in [-0.15, -0.1) is 0 Å². The van der Waals surface area contributed by atoms with Crippen molar-refractivity contribution < 1.29 is 13.7 Å². The fraction of sp³-hybridized carbons (Fsp3) is 0.722. The van der Waals surface area contributed by atoms with Crippen LogP contribution in [-0.2, 0) is 11.3 Å². The molecule has 0 spiro atoms. The maximum Gasteiger partial charge on any atom is 0.226 e. The van der Waals surface area contributed by atoms with Crippen LogP contribution in [0.1, 0.15) is 50.2 Å². The molecule has 0 N–H and O–H groups in total. The van der Waals surface area contributed by atoms with Gasteiger partial charge in [-0.2, -0.15) is 4.98 Å². The molecule has 1 saturated heterocycles. The Morgan fingerprint density at radius 1 is 1.48 bits per heavy atom. The second-order valence-electron chi connectivity index (χ2n) is 7.21. The molecule has 3 rings (SSSR count). The molecule has 6 nitrogen and oxygen atoms in total. The lowest BCUT2D eigenvalue weighted by molar-refractivity contribution is -0.129. The van der Waals surface area contributed by atoms with Gasteiger partial charge in [0.15, 0.2) is 5.82 Å². The number of halogens is 1. The molecule has 1 aromatic heterocycles. The highest BCUT2D eigenvalue weighted by Crippen LogP contribution is 2.24. The van der Waals surface area contributed by atoms with Crippen molar-refractivity contribution in [3.8, 4) is 0 Å². The minimum absolute atomic E-state index is 0.0110. The third-order valence-corrected chi connectivity index (χ3v) is 5.06. The standard InChI is InChI=1S/C18H27FN4O2/c1-13-20-17(21-25-13)12-23-10-15(19)9-16(23)11-22(2)18(24)8-14-6-4-3-5-7-14/h6,15-16H,3-5,7-12H2,1-2H3/t15-,16-/m0/s1. The van der Waals surface area contributed by atoms with Crippen molar-refractivity contribution in [2.75, 3.05) is 20.1 Å². The molecule has 1 amide bonds. The van der Waals surface area contributed by atoms with Crippen molar-refractivity contribution in [2.45, 2.75) is 64.2 Å². The first kappa shape index (κ1) is 18.0. The molecule has 2 heterocycles. The molecule has 0 bridgehead atoms. The fourth-order valence-corrected chi connectivity index (χ4v) is 3.71. The maximum absolute atomic E-state index is 13.9. The average molecular weight is 350 g/mol. The number of hydrogen-bond acceptors (Lipinski definition) is 5. The summed E-state index contributed by atoms with van der Waals surface area (Å²) in [6.45, 7) is 3.08.